The maximum atomic E-state index is 2.57. The largest absolute Gasteiger partial charge is 0.369 e. The van der Waals surface area contributed by atoms with E-state index in [1.165, 1.54) is 25.3 Å². The molecule has 1 aliphatic rings. The Morgan fingerprint density at radius 2 is 1.50 bits per heavy atom. The number of hydrogen-bond donors (Lipinski definition) is 0. The van der Waals surface area contributed by atoms with Crippen molar-refractivity contribution in [2.24, 2.45) is 5.92 Å². The van der Waals surface area contributed by atoms with E-state index in [9.17, 15) is 0 Å². The van der Waals surface area contributed by atoms with Crippen molar-refractivity contribution >= 4 is 5.69 Å². The predicted octanol–water partition coefficient (Wildman–Crippen LogP) is 3.49. The van der Waals surface area contributed by atoms with Gasteiger partial charge in [0, 0.05) is 38.4 Å². The van der Waals surface area contributed by atoms with Crippen molar-refractivity contribution in [1.29, 1.82) is 0 Å². The summed E-state index contributed by atoms with van der Waals surface area (Å²) in [4.78, 5) is 5.06. The lowest BCUT2D eigenvalue weighted by molar-refractivity contribution is 0.231. The van der Waals surface area contributed by atoms with E-state index in [0.29, 0.717) is 0 Å². The molecule has 0 aliphatic carbocycles. The maximum absolute atomic E-state index is 2.57. The average Bonchev–Trinajstić information content (AvgIpc) is 2.42. The summed E-state index contributed by atoms with van der Waals surface area (Å²) < 4.78 is 0. The van der Waals surface area contributed by atoms with Crippen LogP contribution in [0.1, 0.15) is 27.7 Å². The number of hydrogen-bond acceptors (Lipinski definition) is 2. The van der Waals surface area contributed by atoms with Crippen molar-refractivity contribution in [1.82, 2.24) is 4.90 Å². The Hall–Kier alpha value is -1.02. The lowest BCUT2D eigenvalue weighted by Gasteiger charge is -2.36. The molecular formula is C16H28N2. The first-order chi connectivity index (χ1) is 8.75. The monoisotopic (exact) mass is 248 g/mol. The standard InChI is InChI=1S/C14H22N2.C2H6/c1-13(2)12-15-8-10-16(11-9-15)14-6-4-3-5-7-14;1-2/h3-7,13H,8-12H2,1-2H3;1-2H3. The van der Waals surface area contributed by atoms with E-state index < -0.39 is 0 Å². The third kappa shape index (κ3) is 4.69. The Bertz CT molecular complexity index is 300. The molecule has 0 amide bonds. The van der Waals surface area contributed by atoms with Crippen LogP contribution in [0.15, 0.2) is 30.3 Å². The van der Waals surface area contributed by atoms with Crippen molar-refractivity contribution in [3.63, 3.8) is 0 Å². The van der Waals surface area contributed by atoms with Crippen LogP contribution in [-0.4, -0.2) is 37.6 Å². The van der Waals surface area contributed by atoms with Crippen LogP contribution >= 0.6 is 0 Å². The fourth-order valence-corrected chi connectivity index (χ4v) is 2.34. The highest BCUT2D eigenvalue weighted by atomic mass is 15.3. The van der Waals surface area contributed by atoms with Crippen LogP contribution in [0, 0.1) is 5.92 Å². The van der Waals surface area contributed by atoms with Gasteiger partial charge >= 0.3 is 0 Å². The van der Waals surface area contributed by atoms with E-state index in [0.717, 1.165) is 19.0 Å². The quantitative estimate of drug-likeness (QED) is 0.808. The molecule has 0 bridgehead atoms. The molecule has 1 saturated heterocycles. The molecule has 0 unspecified atom stereocenters. The number of anilines is 1. The smallest absolute Gasteiger partial charge is 0.0367 e. The number of benzene rings is 1. The van der Waals surface area contributed by atoms with E-state index >= 15 is 0 Å². The van der Waals surface area contributed by atoms with Crippen molar-refractivity contribution in [2.75, 3.05) is 37.6 Å². The van der Waals surface area contributed by atoms with Crippen molar-refractivity contribution in [2.45, 2.75) is 27.7 Å². The van der Waals surface area contributed by atoms with Crippen molar-refractivity contribution in [3.05, 3.63) is 30.3 Å². The highest BCUT2D eigenvalue weighted by Gasteiger charge is 2.17. The molecule has 0 N–H and O–H groups in total. The second-order valence-electron chi connectivity index (χ2n) is 5.02. The molecular weight excluding hydrogens is 220 g/mol. The maximum Gasteiger partial charge on any atom is 0.0367 e. The fourth-order valence-electron chi connectivity index (χ4n) is 2.34. The number of para-hydroxylation sites is 1. The Morgan fingerprint density at radius 3 is 2.00 bits per heavy atom. The topological polar surface area (TPSA) is 6.48 Å². The van der Waals surface area contributed by atoms with Gasteiger partial charge in [-0.05, 0) is 18.1 Å². The van der Waals surface area contributed by atoms with Crippen LogP contribution in [0.4, 0.5) is 5.69 Å². The van der Waals surface area contributed by atoms with Crippen LogP contribution in [0.3, 0.4) is 0 Å². The van der Waals surface area contributed by atoms with Gasteiger partial charge in [0.15, 0.2) is 0 Å². The van der Waals surface area contributed by atoms with Gasteiger partial charge in [0.2, 0.25) is 0 Å². The van der Waals surface area contributed by atoms with Gasteiger partial charge in [-0.15, -0.1) is 0 Å². The summed E-state index contributed by atoms with van der Waals surface area (Å²) in [5, 5.41) is 0. The second kappa shape index (κ2) is 8.15. The zero-order valence-corrected chi connectivity index (χ0v) is 12.4. The Balaban J connectivity index is 0.000000771. The first-order valence-corrected chi connectivity index (χ1v) is 7.28. The van der Waals surface area contributed by atoms with Crippen LogP contribution in [-0.2, 0) is 0 Å². The number of nitrogens with zero attached hydrogens (tertiary/aromatic N) is 2. The van der Waals surface area contributed by atoms with Crippen LogP contribution < -0.4 is 4.90 Å². The molecule has 1 aliphatic heterocycles. The molecule has 2 heteroatoms. The zero-order valence-electron chi connectivity index (χ0n) is 12.4. The molecule has 0 atom stereocenters. The SMILES string of the molecule is CC.CC(C)CN1CCN(c2ccccc2)CC1. The molecule has 1 aromatic rings. The molecule has 102 valence electrons. The highest BCUT2D eigenvalue weighted by Crippen LogP contribution is 2.15. The molecule has 2 rings (SSSR count). The molecule has 0 radical (unpaired) electrons. The predicted molar refractivity (Wildman–Crippen MR) is 81.3 cm³/mol. The van der Waals surface area contributed by atoms with Crippen LogP contribution in [0.5, 0.6) is 0 Å². The van der Waals surface area contributed by atoms with Gasteiger partial charge in [-0.1, -0.05) is 45.9 Å². The first kappa shape index (κ1) is 15.0. The van der Waals surface area contributed by atoms with E-state index in [4.69, 9.17) is 0 Å². The van der Waals surface area contributed by atoms with Crippen LogP contribution in [0.25, 0.3) is 0 Å². The Kier molecular flexibility index (Phi) is 6.81. The lowest BCUT2D eigenvalue weighted by Crippen LogP contribution is -2.47. The van der Waals surface area contributed by atoms with Crippen molar-refractivity contribution < 1.29 is 0 Å². The summed E-state index contributed by atoms with van der Waals surface area (Å²) in [5.74, 6) is 0.781. The number of rotatable bonds is 3. The zero-order chi connectivity index (χ0) is 13.4. The second-order valence-corrected chi connectivity index (χ2v) is 5.02. The molecule has 1 aromatic carbocycles. The number of piperazine rings is 1. The summed E-state index contributed by atoms with van der Waals surface area (Å²) in [5.41, 5.74) is 1.37. The molecule has 18 heavy (non-hydrogen) atoms. The molecule has 0 spiro atoms. The normalized spacial score (nSPS) is 16.4. The van der Waals surface area contributed by atoms with E-state index in [1.807, 2.05) is 13.8 Å². The van der Waals surface area contributed by atoms with E-state index in [1.54, 1.807) is 0 Å². The minimum atomic E-state index is 0.781. The van der Waals surface area contributed by atoms with E-state index in [2.05, 4.69) is 54.0 Å². The summed E-state index contributed by atoms with van der Waals surface area (Å²) in [7, 11) is 0. The van der Waals surface area contributed by atoms with Gasteiger partial charge in [-0.2, -0.15) is 0 Å². The minimum absolute atomic E-state index is 0.781. The van der Waals surface area contributed by atoms with E-state index in [-0.39, 0.29) is 0 Å². The Labute approximate surface area is 113 Å². The van der Waals surface area contributed by atoms with Gasteiger partial charge in [-0.3, -0.25) is 4.90 Å². The highest BCUT2D eigenvalue weighted by molar-refractivity contribution is 5.46. The molecule has 1 heterocycles. The fraction of sp³-hybridized carbons (Fsp3) is 0.625. The summed E-state index contributed by atoms with van der Waals surface area (Å²) in [6, 6.07) is 10.7. The summed E-state index contributed by atoms with van der Waals surface area (Å²) in [6.07, 6.45) is 0. The summed E-state index contributed by atoms with van der Waals surface area (Å²) in [6.45, 7) is 14.6. The first-order valence-electron chi connectivity index (χ1n) is 7.28. The average molecular weight is 248 g/mol. The molecule has 1 fully saturated rings. The molecule has 2 nitrogen and oxygen atoms in total. The van der Waals surface area contributed by atoms with Gasteiger partial charge in [0.05, 0.1) is 0 Å². The Morgan fingerprint density at radius 1 is 0.944 bits per heavy atom. The molecule has 0 aromatic heterocycles. The van der Waals surface area contributed by atoms with Crippen LogP contribution in [0.2, 0.25) is 0 Å². The van der Waals surface area contributed by atoms with Crippen molar-refractivity contribution in [3.8, 4) is 0 Å². The van der Waals surface area contributed by atoms with Gasteiger partial charge in [0.1, 0.15) is 0 Å². The third-order valence-corrected chi connectivity index (χ3v) is 3.12. The third-order valence-electron chi connectivity index (χ3n) is 3.12. The molecule has 0 saturated carbocycles. The van der Waals surface area contributed by atoms with Gasteiger partial charge < -0.3 is 4.90 Å². The summed E-state index contributed by atoms with van der Waals surface area (Å²) >= 11 is 0. The van der Waals surface area contributed by atoms with Gasteiger partial charge in [0.25, 0.3) is 0 Å². The lowest BCUT2D eigenvalue weighted by atomic mass is 10.2. The van der Waals surface area contributed by atoms with Gasteiger partial charge in [-0.25, -0.2) is 0 Å². The minimum Gasteiger partial charge on any atom is -0.369 e.